The van der Waals surface area contributed by atoms with Crippen LogP contribution in [0.2, 0.25) is 0 Å². The fourth-order valence-corrected chi connectivity index (χ4v) is 5.83. The Kier molecular flexibility index (Phi) is 9.87. The largest absolute Gasteiger partial charge is 0.497 e. The molecule has 9 nitrogen and oxygen atoms in total. The molecule has 204 valence electrons. The Labute approximate surface area is 247 Å². The molecule has 0 aliphatic carbocycles. The average Bonchev–Trinajstić information content (AvgIpc) is 3.28. The first-order valence-electron chi connectivity index (χ1n) is 12.0. The molecule has 1 atom stereocenters. The number of halogens is 2. The molecular formula is C27H26Br2N4O5S. The molecule has 0 unspecified atom stereocenters. The van der Waals surface area contributed by atoms with E-state index in [0.29, 0.717) is 45.7 Å². The van der Waals surface area contributed by atoms with E-state index < -0.39 is 5.25 Å². The summed E-state index contributed by atoms with van der Waals surface area (Å²) >= 11 is 8.31. The molecule has 1 heterocycles. The van der Waals surface area contributed by atoms with Gasteiger partial charge in [-0.25, -0.2) is 0 Å². The van der Waals surface area contributed by atoms with E-state index in [2.05, 4.69) is 42.1 Å². The Balaban J connectivity index is 1.66. The molecule has 0 fully saturated rings. The van der Waals surface area contributed by atoms with Gasteiger partial charge in [-0.05, 0) is 89.4 Å². The fraction of sp³-hybridized carbons (Fsp3) is 0.259. The third-order valence-electron chi connectivity index (χ3n) is 5.69. The monoisotopic (exact) mass is 676 g/mol. The van der Waals surface area contributed by atoms with Crippen LogP contribution in [0.5, 0.6) is 17.2 Å². The number of methoxy groups -OCH3 is 1. The van der Waals surface area contributed by atoms with Gasteiger partial charge >= 0.3 is 0 Å². The van der Waals surface area contributed by atoms with E-state index >= 15 is 0 Å². The maximum absolute atomic E-state index is 11.7. The summed E-state index contributed by atoms with van der Waals surface area (Å²) in [6.07, 6.45) is 0. The molecule has 0 N–H and O–H groups in total. The third-order valence-corrected chi connectivity index (χ3v) is 7.99. The minimum Gasteiger partial charge on any atom is -0.497 e. The van der Waals surface area contributed by atoms with Crippen LogP contribution in [0, 0.1) is 17.0 Å². The van der Waals surface area contributed by atoms with Gasteiger partial charge < -0.3 is 14.2 Å². The molecule has 3 aromatic carbocycles. The molecule has 0 saturated carbocycles. The van der Waals surface area contributed by atoms with Gasteiger partial charge in [0.15, 0.2) is 16.7 Å². The zero-order valence-corrected chi connectivity index (χ0v) is 25.5. The molecule has 4 aromatic rings. The lowest BCUT2D eigenvalue weighted by atomic mass is 10.1. The van der Waals surface area contributed by atoms with Crippen LogP contribution in [0.3, 0.4) is 0 Å². The van der Waals surface area contributed by atoms with E-state index in [9.17, 15) is 10.1 Å². The van der Waals surface area contributed by atoms with Gasteiger partial charge in [0.25, 0.3) is 0 Å². The van der Waals surface area contributed by atoms with Crippen LogP contribution in [-0.4, -0.2) is 39.9 Å². The Hall–Kier alpha value is -3.09. The first kappa shape index (κ1) is 28.9. The Morgan fingerprint density at radius 3 is 2.41 bits per heavy atom. The lowest BCUT2D eigenvalue weighted by molar-refractivity contribution is -0.479. The van der Waals surface area contributed by atoms with E-state index in [1.54, 1.807) is 13.2 Å². The van der Waals surface area contributed by atoms with Gasteiger partial charge in [0, 0.05) is 15.1 Å². The van der Waals surface area contributed by atoms with Crippen LogP contribution >= 0.6 is 43.6 Å². The maximum atomic E-state index is 11.7. The number of nitro groups is 1. The van der Waals surface area contributed by atoms with Crippen molar-refractivity contribution in [2.75, 3.05) is 20.3 Å². The topological polar surface area (TPSA) is 102 Å². The van der Waals surface area contributed by atoms with Crippen LogP contribution in [0.25, 0.3) is 5.69 Å². The van der Waals surface area contributed by atoms with Crippen molar-refractivity contribution >= 4 is 43.6 Å². The highest BCUT2D eigenvalue weighted by molar-refractivity contribution is 9.10. The van der Waals surface area contributed by atoms with Crippen molar-refractivity contribution in [3.05, 3.63) is 96.7 Å². The average molecular weight is 678 g/mol. The summed E-state index contributed by atoms with van der Waals surface area (Å²) in [4.78, 5) is 11.4. The van der Waals surface area contributed by atoms with Gasteiger partial charge in [0.1, 0.15) is 23.4 Å². The molecule has 0 spiro atoms. The summed E-state index contributed by atoms with van der Waals surface area (Å²) in [7, 11) is 1.61. The zero-order valence-electron chi connectivity index (χ0n) is 21.5. The zero-order chi connectivity index (χ0) is 27.9. The van der Waals surface area contributed by atoms with E-state index in [-0.39, 0.29) is 11.5 Å². The number of ether oxygens (including phenoxy) is 3. The predicted octanol–water partition coefficient (Wildman–Crippen LogP) is 7.20. The molecule has 4 rings (SSSR count). The molecule has 0 radical (unpaired) electrons. The predicted molar refractivity (Wildman–Crippen MR) is 157 cm³/mol. The molecule has 1 aromatic heterocycles. The summed E-state index contributed by atoms with van der Waals surface area (Å²) in [5.74, 6) is 2.42. The van der Waals surface area contributed by atoms with Crippen LogP contribution in [-0.2, 0) is 6.61 Å². The molecule has 39 heavy (non-hydrogen) atoms. The number of aryl methyl sites for hydroxylation is 1. The van der Waals surface area contributed by atoms with Crippen LogP contribution in [0.4, 0.5) is 0 Å². The van der Waals surface area contributed by atoms with Crippen molar-refractivity contribution in [3.8, 4) is 22.9 Å². The van der Waals surface area contributed by atoms with Crippen molar-refractivity contribution in [1.82, 2.24) is 14.8 Å². The summed E-state index contributed by atoms with van der Waals surface area (Å²) in [5, 5.41) is 20.2. The van der Waals surface area contributed by atoms with Crippen LogP contribution < -0.4 is 14.2 Å². The smallest absolute Gasteiger partial charge is 0.220 e. The lowest BCUT2D eigenvalue weighted by Crippen LogP contribution is -2.12. The van der Waals surface area contributed by atoms with E-state index in [1.165, 1.54) is 11.8 Å². The molecule has 0 bridgehead atoms. The second-order valence-corrected chi connectivity index (χ2v) is 11.3. The SMILES string of the molecule is CCOc1cc([C@H](C[N+](=O)[O-])Sc2nnc(C)n2-c2ccc(OC)cc2)cc(Br)c1OCc1ccc(Br)cc1. The molecular weight excluding hydrogens is 652 g/mol. The fourth-order valence-electron chi connectivity index (χ4n) is 3.83. The third kappa shape index (κ3) is 7.31. The second-order valence-electron chi connectivity index (χ2n) is 8.36. The summed E-state index contributed by atoms with van der Waals surface area (Å²) in [6.45, 7) is 4.13. The number of benzene rings is 3. The van der Waals surface area contributed by atoms with Crippen LogP contribution in [0.1, 0.15) is 29.1 Å². The number of thioether (sulfide) groups is 1. The van der Waals surface area contributed by atoms with Gasteiger partial charge in [-0.2, -0.15) is 0 Å². The Morgan fingerprint density at radius 2 is 1.77 bits per heavy atom. The van der Waals surface area contributed by atoms with Crippen molar-refractivity contribution in [2.24, 2.45) is 0 Å². The van der Waals surface area contributed by atoms with E-state index in [1.807, 2.05) is 73.0 Å². The van der Waals surface area contributed by atoms with Gasteiger partial charge in [0.2, 0.25) is 6.54 Å². The van der Waals surface area contributed by atoms with Crippen molar-refractivity contribution in [3.63, 3.8) is 0 Å². The van der Waals surface area contributed by atoms with Gasteiger partial charge in [-0.3, -0.25) is 14.7 Å². The Morgan fingerprint density at radius 1 is 1.05 bits per heavy atom. The standard InChI is InChI=1S/C27H26Br2N4O5S/c1-4-37-24-14-19(13-23(29)26(24)38-16-18-5-7-20(28)8-6-18)25(15-32(34)35)39-27-31-30-17(2)33(27)21-9-11-22(36-3)12-10-21/h5-14,25H,4,15-16H2,1-3H3/t25-/m0/s1. The lowest BCUT2D eigenvalue weighted by Gasteiger charge is -2.19. The molecule has 0 aliphatic rings. The minimum atomic E-state index is -0.573. The minimum absolute atomic E-state index is 0.323. The molecule has 0 amide bonds. The second kappa shape index (κ2) is 13.3. The van der Waals surface area contributed by atoms with Gasteiger partial charge in [0.05, 0.1) is 18.2 Å². The van der Waals surface area contributed by atoms with Crippen molar-refractivity contribution in [2.45, 2.75) is 30.9 Å². The number of aromatic nitrogens is 3. The maximum Gasteiger partial charge on any atom is 0.220 e. The highest BCUT2D eigenvalue weighted by Gasteiger charge is 2.26. The quantitative estimate of drug-likeness (QED) is 0.0882. The summed E-state index contributed by atoms with van der Waals surface area (Å²) in [6, 6.07) is 18.9. The number of hydrogen-bond donors (Lipinski definition) is 0. The number of rotatable bonds is 12. The molecule has 0 saturated heterocycles. The Bertz CT molecular complexity index is 1430. The highest BCUT2D eigenvalue weighted by Crippen LogP contribution is 2.43. The number of nitrogens with zero attached hydrogens (tertiary/aromatic N) is 4. The normalized spacial score (nSPS) is 11.7. The van der Waals surface area contributed by atoms with E-state index in [4.69, 9.17) is 14.2 Å². The first-order valence-corrected chi connectivity index (χ1v) is 14.4. The molecule has 12 heteroatoms. The highest BCUT2D eigenvalue weighted by atomic mass is 79.9. The van der Waals surface area contributed by atoms with Gasteiger partial charge in [-0.15, -0.1) is 10.2 Å². The number of hydrogen-bond acceptors (Lipinski definition) is 8. The summed E-state index contributed by atoms with van der Waals surface area (Å²) < 4.78 is 20.8. The summed E-state index contributed by atoms with van der Waals surface area (Å²) in [5.41, 5.74) is 2.52. The van der Waals surface area contributed by atoms with Crippen molar-refractivity contribution in [1.29, 1.82) is 0 Å². The van der Waals surface area contributed by atoms with Crippen LogP contribution in [0.15, 0.2) is 74.8 Å². The van der Waals surface area contributed by atoms with Gasteiger partial charge in [-0.1, -0.05) is 39.8 Å². The first-order chi connectivity index (χ1) is 18.8. The molecule has 0 aliphatic heterocycles. The van der Waals surface area contributed by atoms with E-state index in [0.717, 1.165) is 21.5 Å². The van der Waals surface area contributed by atoms with Crippen molar-refractivity contribution < 1.29 is 19.1 Å².